The SMILES string of the molecule is C[C@@H]1CCCC[C@@H]1NC(=O)NC(=O)COC(=O)CCNC(=O)Nc1ccccc1. The van der Waals surface area contributed by atoms with Gasteiger partial charge in [0.25, 0.3) is 5.91 Å². The van der Waals surface area contributed by atoms with Gasteiger partial charge in [-0.1, -0.05) is 38.0 Å². The van der Waals surface area contributed by atoms with E-state index in [4.69, 9.17) is 4.74 Å². The van der Waals surface area contributed by atoms with E-state index >= 15 is 0 Å². The van der Waals surface area contributed by atoms with E-state index in [2.05, 4.69) is 28.2 Å². The zero-order valence-corrected chi connectivity index (χ0v) is 16.5. The van der Waals surface area contributed by atoms with Crippen molar-refractivity contribution < 1.29 is 23.9 Å². The number of imide groups is 1. The molecule has 1 aliphatic rings. The second-order valence-corrected chi connectivity index (χ2v) is 7.05. The maximum Gasteiger partial charge on any atom is 0.321 e. The number of anilines is 1. The molecule has 1 fully saturated rings. The zero-order valence-electron chi connectivity index (χ0n) is 16.5. The predicted octanol–water partition coefficient (Wildman–Crippen LogP) is 2.15. The molecule has 5 amide bonds. The predicted molar refractivity (Wildman–Crippen MR) is 107 cm³/mol. The van der Waals surface area contributed by atoms with Crippen LogP contribution in [-0.2, 0) is 14.3 Å². The number of hydrogen-bond acceptors (Lipinski definition) is 5. The summed E-state index contributed by atoms with van der Waals surface area (Å²) in [4.78, 5) is 47.0. The van der Waals surface area contributed by atoms with Crippen LogP contribution < -0.4 is 21.3 Å². The summed E-state index contributed by atoms with van der Waals surface area (Å²) < 4.78 is 4.81. The topological polar surface area (TPSA) is 126 Å². The van der Waals surface area contributed by atoms with Gasteiger partial charge >= 0.3 is 18.0 Å². The minimum Gasteiger partial charge on any atom is -0.456 e. The molecular weight excluding hydrogens is 376 g/mol. The summed E-state index contributed by atoms with van der Waals surface area (Å²) in [6, 6.07) is 7.89. The Balaban J connectivity index is 1.56. The summed E-state index contributed by atoms with van der Waals surface area (Å²) >= 11 is 0. The standard InChI is InChI=1S/C20H28N4O5/c1-14-7-5-6-10-16(14)23-20(28)24-17(25)13-29-18(26)11-12-21-19(27)22-15-8-3-2-4-9-15/h2-4,8-9,14,16H,5-7,10-13H2,1H3,(H2,21,22,27)(H2,23,24,25,28)/t14-,16+/m1/s1. The van der Waals surface area contributed by atoms with Crippen LogP contribution in [0.1, 0.15) is 39.0 Å². The lowest BCUT2D eigenvalue weighted by atomic mass is 9.86. The molecule has 9 nitrogen and oxygen atoms in total. The maximum atomic E-state index is 11.9. The monoisotopic (exact) mass is 404 g/mol. The number of carbonyl (C=O) groups is 4. The molecule has 4 N–H and O–H groups in total. The van der Waals surface area contributed by atoms with Crippen LogP contribution in [0.15, 0.2) is 30.3 Å². The summed E-state index contributed by atoms with van der Waals surface area (Å²) in [6.07, 6.45) is 4.05. The molecule has 0 bridgehead atoms. The molecule has 2 atom stereocenters. The Kier molecular flexibility index (Phi) is 8.94. The van der Waals surface area contributed by atoms with Crippen molar-refractivity contribution in [1.29, 1.82) is 0 Å². The Bertz CT molecular complexity index is 710. The number of nitrogens with one attached hydrogen (secondary N) is 4. The Morgan fingerprint density at radius 1 is 1.03 bits per heavy atom. The number of benzene rings is 1. The van der Waals surface area contributed by atoms with Crippen LogP contribution >= 0.6 is 0 Å². The van der Waals surface area contributed by atoms with Crippen LogP contribution in [0.2, 0.25) is 0 Å². The Morgan fingerprint density at radius 3 is 2.48 bits per heavy atom. The van der Waals surface area contributed by atoms with Crippen LogP contribution in [0, 0.1) is 5.92 Å². The smallest absolute Gasteiger partial charge is 0.321 e. The molecule has 0 heterocycles. The van der Waals surface area contributed by atoms with Gasteiger partial charge in [-0.25, -0.2) is 9.59 Å². The fourth-order valence-corrected chi connectivity index (χ4v) is 3.09. The quantitative estimate of drug-likeness (QED) is 0.518. The molecule has 1 aliphatic carbocycles. The molecule has 1 aromatic carbocycles. The number of rotatable bonds is 7. The summed E-state index contributed by atoms with van der Waals surface area (Å²) in [5, 5.41) is 10.1. The van der Waals surface area contributed by atoms with E-state index in [1.54, 1.807) is 24.3 Å². The number of hydrogen-bond donors (Lipinski definition) is 4. The third kappa shape index (κ3) is 8.63. The molecule has 0 aliphatic heterocycles. The van der Waals surface area contributed by atoms with Crippen molar-refractivity contribution in [1.82, 2.24) is 16.0 Å². The first-order chi connectivity index (χ1) is 13.9. The molecule has 1 aromatic rings. The van der Waals surface area contributed by atoms with Gasteiger partial charge in [0.2, 0.25) is 0 Å². The molecule has 0 aromatic heterocycles. The van der Waals surface area contributed by atoms with Crippen molar-refractivity contribution >= 4 is 29.6 Å². The number of carbonyl (C=O) groups excluding carboxylic acids is 4. The van der Waals surface area contributed by atoms with Gasteiger partial charge in [-0.3, -0.25) is 14.9 Å². The van der Waals surface area contributed by atoms with Gasteiger partial charge in [0.05, 0.1) is 6.42 Å². The minimum absolute atomic E-state index is 0.0483. The second kappa shape index (κ2) is 11.7. The number of para-hydroxylation sites is 1. The van der Waals surface area contributed by atoms with Crippen molar-refractivity contribution in [2.75, 3.05) is 18.5 Å². The van der Waals surface area contributed by atoms with Crippen molar-refractivity contribution in [2.24, 2.45) is 5.92 Å². The van der Waals surface area contributed by atoms with Crippen molar-refractivity contribution in [3.8, 4) is 0 Å². The highest BCUT2D eigenvalue weighted by Gasteiger charge is 2.23. The number of urea groups is 2. The van der Waals surface area contributed by atoms with Gasteiger partial charge in [0.15, 0.2) is 6.61 Å². The molecule has 0 saturated heterocycles. The van der Waals surface area contributed by atoms with E-state index in [0.29, 0.717) is 11.6 Å². The molecule has 0 spiro atoms. The van der Waals surface area contributed by atoms with Crippen molar-refractivity contribution in [2.45, 2.75) is 45.1 Å². The largest absolute Gasteiger partial charge is 0.456 e. The lowest BCUT2D eigenvalue weighted by molar-refractivity contribution is -0.148. The lowest BCUT2D eigenvalue weighted by Crippen LogP contribution is -2.48. The minimum atomic E-state index is -0.700. The third-order valence-corrected chi connectivity index (χ3v) is 4.69. The van der Waals surface area contributed by atoms with Gasteiger partial charge < -0.3 is 20.7 Å². The fraction of sp³-hybridized carbons (Fsp3) is 0.500. The Morgan fingerprint density at radius 2 is 1.76 bits per heavy atom. The highest BCUT2D eigenvalue weighted by Crippen LogP contribution is 2.23. The molecule has 2 rings (SSSR count). The Hall–Kier alpha value is -3.10. The summed E-state index contributed by atoms with van der Waals surface area (Å²) in [7, 11) is 0. The van der Waals surface area contributed by atoms with Crippen LogP contribution in [-0.4, -0.2) is 43.1 Å². The summed E-state index contributed by atoms with van der Waals surface area (Å²) in [6.45, 7) is 1.57. The van der Waals surface area contributed by atoms with E-state index in [9.17, 15) is 19.2 Å². The lowest BCUT2D eigenvalue weighted by Gasteiger charge is -2.29. The van der Waals surface area contributed by atoms with E-state index in [-0.39, 0.29) is 19.0 Å². The van der Waals surface area contributed by atoms with Gasteiger partial charge in [-0.15, -0.1) is 0 Å². The Labute approximate surface area is 169 Å². The van der Waals surface area contributed by atoms with Crippen LogP contribution in [0.3, 0.4) is 0 Å². The molecule has 0 radical (unpaired) electrons. The maximum absolute atomic E-state index is 11.9. The van der Waals surface area contributed by atoms with Crippen LogP contribution in [0.5, 0.6) is 0 Å². The van der Waals surface area contributed by atoms with E-state index in [1.807, 2.05) is 6.07 Å². The molecular formula is C20H28N4O5. The van der Waals surface area contributed by atoms with Crippen LogP contribution in [0.25, 0.3) is 0 Å². The van der Waals surface area contributed by atoms with Crippen molar-refractivity contribution in [3.63, 3.8) is 0 Å². The first kappa shape index (κ1) is 22.2. The molecule has 0 unspecified atom stereocenters. The van der Waals surface area contributed by atoms with Gasteiger partial charge in [-0.2, -0.15) is 0 Å². The first-order valence-corrected chi connectivity index (χ1v) is 9.80. The molecule has 1 saturated carbocycles. The van der Waals surface area contributed by atoms with Crippen molar-refractivity contribution in [3.05, 3.63) is 30.3 Å². The first-order valence-electron chi connectivity index (χ1n) is 9.80. The molecule has 9 heteroatoms. The zero-order chi connectivity index (χ0) is 21.1. The summed E-state index contributed by atoms with van der Waals surface area (Å²) in [5.74, 6) is -0.982. The number of amides is 5. The summed E-state index contributed by atoms with van der Waals surface area (Å²) in [5.41, 5.74) is 0.630. The molecule has 158 valence electrons. The van der Waals surface area contributed by atoms with E-state index < -0.39 is 30.5 Å². The average molecular weight is 404 g/mol. The van der Waals surface area contributed by atoms with Gasteiger partial charge in [-0.05, 0) is 30.9 Å². The van der Waals surface area contributed by atoms with E-state index in [1.165, 1.54) is 0 Å². The second-order valence-electron chi connectivity index (χ2n) is 7.05. The van der Waals surface area contributed by atoms with Crippen LogP contribution in [0.4, 0.5) is 15.3 Å². The number of esters is 1. The van der Waals surface area contributed by atoms with Gasteiger partial charge in [0.1, 0.15) is 0 Å². The fourth-order valence-electron chi connectivity index (χ4n) is 3.09. The normalized spacial score (nSPS) is 18.2. The highest BCUT2D eigenvalue weighted by atomic mass is 16.5. The third-order valence-electron chi connectivity index (χ3n) is 4.69. The number of ether oxygens (including phenoxy) is 1. The van der Waals surface area contributed by atoms with E-state index in [0.717, 1.165) is 25.7 Å². The van der Waals surface area contributed by atoms with Gasteiger partial charge in [0, 0.05) is 18.3 Å². The molecule has 29 heavy (non-hydrogen) atoms. The highest BCUT2D eigenvalue weighted by molar-refractivity contribution is 5.95. The average Bonchev–Trinajstić information content (AvgIpc) is 2.69.